The van der Waals surface area contributed by atoms with Crippen molar-refractivity contribution in [3.8, 4) is 11.1 Å². The van der Waals surface area contributed by atoms with Crippen LogP contribution in [0.3, 0.4) is 0 Å². The number of hydrogen-bond acceptors (Lipinski definition) is 1. The molecule has 0 spiro atoms. The van der Waals surface area contributed by atoms with Gasteiger partial charge in [0.1, 0.15) is 11.2 Å². The first-order valence-electron chi connectivity index (χ1n) is 7.62. The third-order valence-corrected chi connectivity index (χ3v) is 4.18. The molecule has 0 aliphatic carbocycles. The zero-order chi connectivity index (χ0) is 15.3. The van der Waals surface area contributed by atoms with Crippen molar-refractivity contribution in [1.29, 1.82) is 0 Å². The lowest BCUT2D eigenvalue weighted by molar-refractivity contribution is 0.668. The highest BCUT2D eigenvalue weighted by Crippen LogP contribution is 2.33. The zero-order valence-electron chi connectivity index (χ0n) is 13.1. The van der Waals surface area contributed by atoms with E-state index in [1.54, 1.807) is 0 Å². The van der Waals surface area contributed by atoms with E-state index >= 15 is 0 Å². The quantitative estimate of drug-likeness (QED) is 0.407. The van der Waals surface area contributed by atoms with Crippen LogP contribution in [0.2, 0.25) is 0 Å². The molecule has 0 N–H and O–H groups in total. The van der Waals surface area contributed by atoms with Crippen molar-refractivity contribution in [1.82, 2.24) is 0 Å². The van der Waals surface area contributed by atoms with Crippen LogP contribution in [0, 0.1) is 20.8 Å². The van der Waals surface area contributed by atoms with E-state index in [2.05, 4.69) is 75.4 Å². The van der Waals surface area contributed by atoms with Gasteiger partial charge in [0.25, 0.3) is 0 Å². The average Bonchev–Trinajstić information content (AvgIpc) is 2.82. The predicted octanol–water partition coefficient (Wildman–Crippen LogP) is 6.18. The van der Waals surface area contributed by atoms with E-state index in [0.29, 0.717) is 0 Å². The van der Waals surface area contributed by atoms with Crippen LogP contribution >= 0.6 is 0 Å². The maximum absolute atomic E-state index is 5.97. The second-order valence-electron chi connectivity index (χ2n) is 6.19. The maximum atomic E-state index is 5.97. The summed E-state index contributed by atoms with van der Waals surface area (Å²) < 4.78 is 5.97. The second kappa shape index (κ2) is 4.74. The fourth-order valence-corrected chi connectivity index (χ4v) is 3.21. The van der Waals surface area contributed by atoms with Crippen molar-refractivity contribution in [2.45, 2.75) is 20.8 Å². The van der Waals surface area contributed by atoms with Gasteiger partial charge >= 0.3 is 0 Å². The molecule has 0 unspecified atom stereocenters. The lowest BCUT2D eigenvalue weighted by Crippen LogP contribution is -1.82. The van der Waals surface area contributed by atoms with E-state index in [4.69, 9.17) is 4.42 Å². The van der Waals surface area contributed by atoms with Crippen molar-refractivity contribution in [2.75, 3.05) is 0 Å². The molecule has 0 aliphatic heterocycles. The van der Waals surface area contributed by atoms with Crippen LogP contribution < -0.4 is 0 Å². The second-order valence-corrected chi connectivity index (χ2v) is 6.19. The SMILES string of the molecule is Cc1cc(C)cc(-c2ccc3oc4cc(C)ccc4c3c2)c1. The summed E-state index contributed by atoms with van der Waals surface area (Å²) in [5.74, 6) is 0. The minimum Gasteiger partial charge on any atom is -0.456 e. The van der Waals surface area contributed by atoms with Gasteiger partial charge in [0, 0.05) is 10.8 Å². The zero-order valence-corrected chi connectivity index (χ0v) is 13.1. The molecule has 1 nitrogen and oxygen atoms in total. The highest BCUT2D eigenvalue weighted by atomic mass is 16.3. The Kier molecular flexibility index (Phi) is 2.83. The van der Waals surface area contributed by atoms with Gasteiger partial charge in [-0.2, -0.15) is 0 Å². The Balaban J connectivity index is 1.98. The first kappa shape index (κ1) is 13.1. The standard InChI is InChI=1S/C21H18O/c1-13-4-6-18-19-12-16(5-7-20(19)22-21(18)11-13)17-9-14(2)8-15(3)10-17/h4-12H,1-3H3. The van der Waals surface area contributed by atoms with Crippen molar-refractivity contribution >= 4 is 21.9 Å². The summed E-state index contributed by atoms with van der Waals surface area (Å²) in [6.07, 6.45) is 0. The van der Waals surface area contributed by atoms with Gasteiger partial charge in [0.05, 0.1) is 0 Å². The van der Waals surface area contributed by atoms with E-state index in [-0.39, 0.29) is 0 Å². The number of rotatable bonds is 1. The fourth-order valence-electron chi connectivity index (χ4n) is 3.21. The normalized spacial score (nSPS) is 11.4. The van der Waals surface area contributed by atoms with Gasteiger partial charge in [-0.15, -0.1) is 0 Å². The molecule has 108 valence electrons. The summed E-state index contributed by atoms with van der Waals surface area (Å²) in [6.45, 7) is 6.38. The molecule has 22 heavy (non-hydrogen) atoms. The molecular formula is C21H18O. The number of fused-ring (bicyclic) bond motifs is 3. The van der Waals surface area contributed by atoms with Crippen LogP contribution in [0.4, 0.5) is 0 Å². The van der Waals surface area contributed by atoms with Crippen LogP contribution in [0.1, 0.15) is 16.7 Å². The van der Waals surface area contributed by atoms with Gasteiger partial charge in [0.15, 0.2) is 0 Å². The first-order chi connectivity index (χ1) is 10.6. The summed E-state index contributed by atoms with van der Waals surface area (Å²) in [6, 6.07) is 19.5. The van der Waals surface area contributed by atoms with Gasteiger partial charge in [-0.3, -0.25) is 0 Å². The molecule has 1 heterocycles. The van der Waals surface area contributed by atoms with Gasteiger partial charge in [-0.1, -0.05) is 47.5 Å². The largest absolute Gasteiger partial charge is 0.456 e. The topological polar surface area (TPSA) is 13.1 Å². The molecule has 3 aromatic carbocycles. The molecule has 0 radical (unpaired) electrons. The number of aryl methyl sites for hydroxylation is 3. The summed E-state index contributed by atoms with van der Waals surface area (Å²) in [5.41, 5.74) is 8.23. The van der Waals surface area contributed by atoms with Gasteiger partial charge in [-0.25, -0.2) is 0 Å². The average molecular weight is 286 g/mol. The maximum Gasteiger partial charge on any atom is 0.135 e. The molecule has 0 saturated carbocycles. The van der Waals surface area contributed by atoms with E-state index < -0.39 is 0 Å². The Bertz CT molecular complexity index is 985. The molecule has 1 aromatic heterocycles. The highest BCUT2D eigenvalue weighted by molar-refractivity contribution is 6.06. The van der Waals surface area contributed by atoms with Crippen molar-refractivity contribution in [3.05, 3.63) is 71.3 Å². The summed E-state index contributed by atoms with van der Waals surface area (Å²) in [4.78, 5) is 0. The summed E-state index contributed by atoms with van der Waals surface area (Å²) in [5, 5.41) is 2.37. The molecule has 4 aromatic rings. The van der Waals surface area contributed by atoms with Crippen LogP contribution in [0.15, 0.2) is 59.0 Å². The Hall–Kier alpha value is -2.54. The monoisotopic (exact) mass is 286 g/mol. The minimum atomic E-state index is 0.953. The van der Waals surface area contributed by atoms with Crippen molar-refractivity contribution < 1.29 is 4.42 Å². The van der Waals surface area contributed by atoms with Gasteiger partial charge in [-0.05, 0) is 55.7 Å². The molecular weight excluding hydrogens is 268 g/mol. The Morgan fingerprint density at radius 1 is 0.545 bits per heavy atom. The van der Waals surface area contributed by atoms with E-state index in [0.717, 1.165) is 11.2 Å². The lowest BCUT2D eigenvalue weighted by atomic mass is 9.99. The van der Waals surface area contributed by atoms with Crippen LogP contribution in [0.5, 0.6) is 0 Å². The summed E-state index contributed by atoms with van der Waals surface area (Å²) in [7, 11) is 0. The van der Waals surface area contributed by atoms with Crippen LogP contribution in [0.25, 0.3) is 33.1 Å². The number of benzene rings is 3. The van der Waals surface area contributed by atoms with Gasteiger partial charge in [0.2, 0.25) is 0 Å². The van der Waals surface area contributed by atoms with E-state index in [1.807, 2.05) is 0 Å². The van der Waals surface area contributed by atoms with Crippen molar-refractivity contribution in [2.24, 2.45) is 0 Å². The smallest absolute Gasteiger partial charge is 0.135 e. The third-order valence-electron chi connectivity index (χ3n) is 4.18. The van der Waals surface area contributed by atoms with Crippen LogP contribution in [-0.4, -0.2) is 0 Å². The number of furan rings is 1. The van der Waals surface area contributed by atoms with Crippen molar-refractivity contribution in [3.63, 3.8) is 0 Å². The van der Waals surface area contributed by atoms with E-state index in [1.165, 1.54) is 38.6 Å². The van der Waals surface area contributed by atoms with Gasteiger partial charge < -0.3 is 4.42 Å². The Morgan fingerprint density at radius 3 is 2.09 bits per heavy atom. The minimum absolute atomic E-state index is 0.953. The molecule has 0 aliphatic rings. The lowest BCUT2D eigenvalue weighted by Gasteiger charge is -2.05. The number of hydrogen-bond donors (Lipinski definition) is 0. The summed E-state index contributed by atoms with van der Waals surface area (Å²) >= 11 is 0. The molecule has 1 heteroatoms. The first-order valence-corrected chi connectivity index (χ1v) is 7.62. The molecule has 0 bridgehead atoms. The molecule has 0 atom stereocenters. The third kappa shape index (κ3) is 2.10. The van der Waals surface area contributed by atoms with E-state index in [9.17, 15) is 0 Å². The Labute approximate surface area is 130 Å². The fraction of sp³-hybridized carbons (Fsp3) is 0.143. The molecule has 0 fully saturated rings. The molecule has 4 rings (SSSR count). The highest BCUT2D eigenvalue weighted by Gasteiger charge is 2.09. The molecule has 0 saturated heterocycles. The predicted molar refractivity (Wildman–Crippen MR) is 93.4 cm³/mol. The van der Waals surface area contributed by atoms with Crippen LogP contribution in [-0.2, 0) is 0 Å². The molecule has 0 amide bonds. The Morgan fingerprint density at radius 2 is 1.32 bits per heavy atom.